The number of nitrogens with zero attached hydrogens (tertiary/aromatic N) is 2. The first-order valence-corrected chi connectivity index (χ1v) is 9.61. The zero-order valence-electron chi connectivity index (χ0n) is 14.7. The average molecular weight is 402 g/mol. The largest absolute Gasteiger partial charge is 0.390 e. The number of hydrogen-bond acceptors (Lipinski definition) is 5. The molecule has 0 bridgehead atoms. The van der Waals surface area contributed by atoms with Gasteiger partial charge in [-0.05, 0) is 44.0 Å². The van der Waals surface area contributed by atoms with Crippen LogP contribution in [0.1, 0.15) is 23.4 Å². The van der Waals surface area contributed by atoms with Gasteiger partial charge in [0.1, 0.15) is 5.76 Å². The number of alkyl halides is 3. The number of rotatable bonds is 5. The van der Waals surface area contributed by atoms with E-state index in [1.165, 1.54) is 0 Å². The molecule has 0 saturated heterocycles. The third-order valence-electron chi connectivity index (χ3n) is 4.01. The summed E-state index contributed by atoms with van der Waals surface area (Å²) in [4.78, 5) is 6.94. The summed E-state index contributed by atoms with van der Waals surface area (Å²) in [6.07, 6.45) is -5.99. The summed E-state index contributed by atoms with van der Waals surface area (Å²) in [7, 11) is -4.18. The van der Waals surface area contributed by atoms with E-state index in [0.717, 1.165) is 16.7 Å². The number of imidazole rings is 1. The van der Waals surface area contributed by atoms with Crippen LogP contribution in [0.2, 0.25) is 0 Å². The molecule has 7 nitrogen and oxygen atoms in total. The summed E-state index contributed by atoms with van der Waals surface area (Å²) in [5.41, 5.74) is 4.16. The fourth-order valence-electron chi connectivity index (χ4n) is 2.83. The third kappa shape index (κ3) is 4.24. The molecule has 0 unspecified atom stereocenters. The molecule has 2 heterocycles. The van der Waals surface area contributed by atoms with Crippen LogP contribution in [0.15, 0.2) is 16.7 Å². The molecule has 146 valence electrons. The van der Waals surface area contributed by atoms with Gasteiger partial charge in [0.2, 0.25) is 16.0 Å². The van der Waals surface area contributed by atoms with Crippen LogP contribution in [-0.4, -0.2) is 35.5 Å². The molecule has 2 aromatic heterocycles. The van der Waals surface area contributed by atoms with Crippen molar-refractivity contribution in [3.05, 3.63) is 29.2 Å². The van der Waals surface area contributed by atoms with Crippen LogP contribution < -0.4 is 4.72 Å². The fourth-order valence-corrected chi connectivity index (χ4v) is 3.82. The first-order valence-electron chi connectivity index (χ1n) is 7.96. The lowest BCUT2D eigenvalue weighted by molar-refractivity contribution is -0.129. The number of fused-ring (bicyclic) bond motifs is 1. The molecular formula is C16H17F3N4O3S. The zero-order valence-corrected chi connectivity index (χ0v) is 15.5. The highest BCUT2D eigenvalue weighted by Crippen LogP contribution is 2.31. The van der Waals surface area contributed by atoms with E-state index in [4.69, 9.17) is 4.52 Å². The first-order chi connectivity index (χ1) is 12.5. The lowest BCUT2D eigenvalue weighted by atomic mass is 10.0. The van der Waals surface area contributed by atoms with Gasteiger partial charge in [-0.1, -0.05) is 5.16 Å². The lowest BCUT2D eigenvalue weighted by Crippen LogP contribution is -2.22. The van der Waals surface area contributed by atoms with E-state index < -0.39 is 28.4 Å². The quantitative estimate of drug-likeness (QED) is 0.675. The summed E-state index contributed by atoms with van der Waals surface area (Å²) >= 11 is 0. The number of anilines is 1. The second kappa shape index (κ2) is 6.55. The number of sulfonamides is 1. The lowest BCUT2D eigenvalue weighted by Gasteiger charge is -2.07. The topological polar surface area (TPSA) is 101 Å². The van der Waals surface area contributed by atoms with Gasteiger partial charge in [-0.3, -0.25) is 4.72 Å². The number of nitrogens with one attached hydrogen (secondary N) is 2. The molecule has 11 heteroatoms. The minimum Gasteiger partial charge on any atom is -0.361 e. The van der Waals surface area contributed by atoms with Crippen molar-refractivity contribution in [2.24, 2.45) is 0 Å². The summed E-state index contributed by atoms with van der Waals surface area (Å²) in [6, 6.07) is 3.62. The Balaban J connectivity index is 1.93. The highest BCUT2D eigenvalue weighted by atomic mass is 32.2. The molecule has 0 spiro atoms. The average Bonchev–Trinajstić information content (AvgIpc) is 3.07. The Morgan fingerprint density at radius 1 is 1.22 bits per heavy atom. The maximum Gasteiger partial charge on any atom is 0.390 e. The molecule has 0 fully saturated rings. The number of aryl methyl sites for hydroxylation is 3. The highest BCUT2D eigenvalue weighted by Gasteiger charge is 2.30. The summed E-state index contributed by atoms with van der Waals surface area (Å²) in [5, 5.41) is 3.91. The zero-order chi connectivity index (χ0) is 20.0. The van der Waals surface area contributed by atoms with Crippen LogP contribution in [-0.2, 0) is 10.0 Å². The maximum atomic E-state index is 12.3. The predicted octanol–water partition coefficient (Wildman–Crippen LogP) is 3.84. The van der Waals surface area contributed by atoms with Crippen molar-refractivity contribution < 1.29 is 26.1 Å². The van der Waals surface area contributed by atoms with Crippen molar-refractivity contribution in [2.75, 3.05) is 10.5 Å². The van der Waals surface area contributed by atoms with Gasteiger partial charge in [-0.25, -0.2) is 13.4 Å². The van der Waals surface area contributed by atoms with E-state index in [9.17, 15) is 21.6 Å². The van der Waals surface area contributed by atoms with Crippen LogP contribution in [0.25, 0.3) is 22.2 Å². The Kier molecular flexibility index (Phi) is 4.66. The fraction of sp³-hybridized carbons (Fsp3) is 0.375. The smallest absolute Gasteiger partial charge is 0.361 e. The van der Waals surface area contributed by atoms with Gasteiger partial charge in [0.25, 0.3) is 0 Å². The minimum absolute atomic E-state index is 0.133. The van der Waals surface area contributed by atoms with E-state index in [-0.39, 0.29) is 5.95 Å². The van der Waals surface area contributed by atoms with Crippen LogP contribution in [0.4, 0.5) is 19.1 Å². The molecule has 0 atom stereocenters. The molecule has 1 aromatic carbocycles. The van der Waals surface area contributed by atoms with Crippen molar-refractivity contribution in [1.82, 2.24) is 15.1 Å². The first kappa shape index (κ1) is 19.2. The highest BCUT2D eigenvalue weighted by molar-refractivity contribution is 7.92. The van der Waals surface area contributed by atoms with Gasteiger partial charge < -0.3 is 9.51 Å². The molecule has 0 aliphatic rings. The van der Waals surface area contributed by atoms with Crippen LogP contribution in [0, 0.1) is 20.8 Å². The second-order valence-electron chi connectivity index (χ2n) is 6.26. The number of hydrogen-bond donors (Lipinski definition) is 2. The molecule has 3 rings (SSSR count). The van der Waals surface area contributed by atoms with Crippen LogP contribution in [0.5, 0.6) is 0 Å². The Morgan fingerprint density at radius 3 is 2.52 bits per heavy atom. The molecule has 0 amide bonds. The molecule has 3 aromatic rings. The standard InChI is InChI=1S/C16H17F3N4O3S/c1-8-6-11(13-9(2)22-26-10(13)3)7-12-14(8)21-15(20-12)23-27(24,25)5-4-16(17,18)19/h6-7H,4-5H2,1-3H3,(H2,20,21,23). The molecule has 0 aliphatic heterocycles. The van der Waals surface area contributed by atoms with Crippen LogP contribution in [0.3, 0.4) is 0 Å². The maximum absolute atomic E-state index is 12.3. The van der Waals surface area contributed by atoms with Gasteiger partial charge in [0.15, 0.2) is 0 Å². The van der Waals surface area contributed by atoms with Gasteiger partial charge in [0, 0.05) is 5.56 Å². The number of benzene rings is 1. The van der Waals surface area contributed by atoms with E-state index in [1.54, 1.807) is 26.8 Å². The number of aromatic amines is 1. The van der Waals surface area contributed by atoms with Crippen molar-refractivity contribution in [1.29, 1.82) is 0 Å². The summed E-state index contributed by atoms with van der Waals surface area (Å²) in [6.45, 7) is 5.38. The summed E-state index contributed by atoms with van der Waals surface area (Å²) in [5.74, 6) is -0.568. The van der Waals surface area contributed by atoms with Crippen molar-refractivity contribution in [2.45, 2.75) is 33.4 Å². The number of halogens is 3. The van der Waals surface area contributed by atoms with E-state index in [0.29, 0.717) is 22.5 Å². The molecular weight excluding hydrogens is 385 g/mol. The Hall–Kier alpha value is -2.56. The van der Waals surface area contributed by atoms with Gasteiger partial charge in [-0.2, -0.15) is 13.2 Å². The van der Waals surface area contributed by atoms with Crippen molar-refractivity contribution in [3.8, 4) is 11.1 Å². The Bertz CT molecular complexity index is 1080. The van der Waals surface area contributed by atoms with Crippen molar-refractivity contribution >= 4 is 27.0 Å². The monoisotopic (exact) mass is 402 g/mol. The normalized spacial score (nSPS) is 12.7. The molecule has 27 heavy (non-hydrogen) atoms. The van der Waals surface area contributed by atoms with Gasteiger partial charge in [0.05, 0.1) is 28.9 Å². The third-order valence-corrected chi connectivity index (χ3v) is 5.25. The van der Waals surface area contributed by atoms with E-state index in [1.807, 2.05) is 6.07 Å². The number of H-pyrrole nitrogens is 1. The second-order valence-corrected chi connectivity index (χ2v) is 8.10. The molecule has 0 saturated carbocycles. The molecule has 0 radical (unpaired) electrons. The van der Waals surface area contributed by atoms with Crippen LogP contribution >= 0.6 is 0 Å². The van der Waals surface area contributed by atoms with E-state index >= 15 is 0 Å². The summed E-state index contributed by atoms with van der Waals surface area (Å²) < 4.78 is 67.7. The Morgan fingerprint density at radius 2 is 1.93 bits per heavy atom. The Labute approximate surface area is 153 Å². The van der Waals surface area contributed by atoms with Crippen molar-refractivity contribution in [3.63, 3.8) is 0 Å². The van der Waals surface area contributed by atoms with Gasteiger partial charge in [-0.15, -0.1) is 0 Å². The SMILES string of the molecule is Cc1noc(C)c1-c1cc(C)c2nc(NS(=O)(=O)CCC(F)(F)F)[nH]c2c1. The van der Waals surface area contributed by atoms with Gasteiger partial charge >= 0.3 is 6.18 Å². The number of aromatic nitrogens is 3. The predicted molar refractivity (Wildman–Crippen MR) is 93.9 cm³/mol. The minimum atomic E-state index is -4.55. The van der Waals surface area contributed by atoms with E-state index in [2.05, 4.69) is 19.8 Å². The molecule has 0 aliphatic carbocycles. The molecule has 2 N–H and O–H groups in total.